The maximum atomic E-state index is 12.4. The molecule has 5 heteroatoms. The van der Waals surface area contributed by atoms with Crippen LogP contribution in [0.15, 0.2) is 0 Å². The van der Waals surface area contributed by atoms with E-state index < -0.39 is 0 Å². The molecule has 1 fully saturated rings. The lowest BCUT2D eigenvalue weighted by Gasteiger charge is -2.38. The molecule has 1 saturated heterocycles. The average Bonchev–Trinajstić information content (AvgIpc) is 2.39. The first kappa shape index (κ1) is 16.8. The van der Waals surface area contributed by atoms with Crippen LogP contribution in [0, 0.1) is 0 Å². The standard InChI is InChI=1S/C14H28N2O2S/c1-11(2)16-8-5-4-6-13(16)14(18)15-12(7-9-17)10-19-3/h11-13,17H,4-10H2,1-3H3,(H,15,18). The molecule has 0 bridgehead atoms. The quantitative estimate of drug-likeness (QED) is 0.745. The van der Waals surface area contributed by atoms with Crippen LogP contribution < -0.4 is 5.32 Å². The van der Waals surface area contributed by atoms with Crippen molar-refractivity contribution in [3.63, 3.8) is 0 Å². The van der Waals surface area contributed by atoms with Crippen LogP contribution in [-0.4, -0.2) is 59.2 Å². The summed E-state index contributed by atoms with van der Waals surface area (Å²) < 4.78 is 0. The topological polar surface area (TPSA) is 52.6 Å². The van der Waals surface area contributed by atoms with Crippen molar-refractivity contribution in [2.24, 2.45) is 0 Å². The van der Waals surface area contributed by atoms with Crippen LogP contribution in [-0.2, 0) is 4.79 Å². The Hall–Kier alpha value is -0.260. The number of hydrogen-bond acceptors (Lipinski definition) is 4. The monoisotopic (exact) mass is 288 g/mol. The van der Waals surface area contributed by atoms with Gasteiger partial charge in [0.1, 0.15) is 0 Å². The van der Waals surface area contributed by atoms with Crippen LogP contribution in [0.25, 0.3) is 0 Å². The fraction of sp³-hybridized carbons (Fsp3) is 0.929. The zero-order valence-corrected chi connectivity index (χ0v) is 13.2. The van der Waals surface area contributed by atoms with Crippen LogP contribution in [0.2, 0.25) is 0 Å². The molecule has 4 nitrogen and oxygen atoms in total. The predicted molar refractivity (Wildman–Crippen MR) is 81.5 cm³/mol. The van der Waals surface area contributed by atoms with Crippen LogP contribution in [0.1, 0.15) is 39.5 Å². The zero-order chi connectivity index (χ0) is 14.3. The Bertz CT molecular complexity index is 268. The molecule has 0 spiro atoms. The van der Waals surface area contributed by atoms with Gasteiger partial charge in [0.05, 0.1) is 6.04 Å². The number of amides is 1. The summed E-state index contributed by atoms with van der Waals surface area (Å²) in [7, 11) is 0. The third-order valence-electron chi connectivity index (χ3n) is 3.70. The highest BCUT2D eigenvalue weighted by Gasteiger charge is 2.31. The lowest BCUT2D eigenvalue weighted by Crippen LogP contribution is -2.54. The molecule has 112 valence electrons. The predicted octanol–water partition coefficient (Wildman–Crippen LogP) is 1.48. The molecule has 1 aliphatic rings. The van der Waals surface area contributed by atoms with Gasteiger partial charge in [-0.25, -0.2) is 0 Å². The van der Waals surface area contributed by atoms with Crippen LogP contribution >= 0.6 is 11.8 Å². The van der Waals surface area contributed by atoms with Gasteiger partial charge in [-0.2, -0.15) is 11.8 Å². The van der Waals surface area contributed by atoms with E-state index >= 15 is 0 Å². The first-order chi connectivity index (χ1) is 9.10. The number of aliphatic hydroxyl groups excluding tert-OH is 1. The molecular weight excluding hydrogens is 260 g/mol. The second-order valence-electron chi connectivity index (χ2n) is 5.52. The van der Waals surface area contributed by atoms with Crippen LogP contribution in [0.4, 0.5) is 0 Å². The summed E-state index contributed by atoms with van der Waals surface area (Å²) in [5.74, 6) is 1.00. The van der Waals surface area contributed by atoms with Gasteiger partial charge in [-0.1, -0.05) is 6.42 Å². The highest BCUT2D eigenvalue weighted by atomic mass is 32.2. The number of aliphatic hydroxyl groups is 1. The summed E-state index contributed by atoms with van der Waals surface area (Å²) in [6, 6.07) is 0.508. The maximum Gasteiger partial charge on any atom is 0.237 e. The molecule has 0 saturated carbocycles. The average molecular weight is 288 g/mol. The van der Waals surface area contributed by atoms with E-state index in [1.165, 1.54) is 6.42 Å². The summed E-state index contributed by atoms with van der Waals surface area (Å²) in [6.45, 7) is 5.45. The van der Waals surface area contributed by atoms with Crippen molar-refractivity contribution in [3.05, 3.63) is 0 Å². The van der Waals surface area contributed by atoms with Gasteiger partial charge < -0.3 is 10.4 Å². The van der Waals surface area contributed by atoms with E-state index in [1.807, 2.05) is 6.26 Å². The molecule has 2 unspecified atom stereocenters. The first-order valence-electron chi connectivity index (χ1n) is 7.26. The lowest BCUT2D eigenvalue weighted by molar-refractivity contribution is -0.129. The lowest BCUT2D eigenvalue weighted by atomic mass is 9.99. The normalized spacial score (nSPS) is 22.5. The van der Waals surface area contributed by atoms with Crippen molar-refractivity contribution < 1.29 is 9.90 Å². The third kappa shape index (κ3) is 5.32. The molecule has 19 heavy (non-hydrogen) atoms. The fourth-order valence-electron chi connectivity index (χ4n) is 2.71. The minimum atomic E-state index is 0.0109. The van der Waals surface area contributed by atoms with E-state index in [4.69, 9.17) is 5.11 Å². The van der Waals surface area contributed by atoms with Crippen molar-refractivity contribution in [2.75, 3.05) is 25.2 Å². The summed E-state index contributed by atoms with van der Waals surface area (Å²) >= 11 is 1.71. The molecule has 1 heterocycles. The van der Waals surface area contributed by atoms with Crippen molar-refractivity contribution in [3.8, 4) is 0 Å². The zero-order valence-electron chi connectivity index (χ0n) is 12.4. The van der Waals surface area contributed by atoms with Crippen molar-refractivity contribution >= 4 is 17.7 Å². The van der Waals surface area contributed by atoms with Gasteiger partial charge in [0.25, 0.3) is 0 Å². The molecule has 2 atom stereocenters. The number of likely N-dealkylation sites (tertiary alicyclic amines) is 1. The van der Waals surface area contributed by atoms with Crippen LogP contribution in [0.3, 0.4) is 0 Å². The van der Waals surface area contributed by atoms with Gasteiger partial charge in [-0.05, 0) is 45.9 Å². The van der Waals surface area contributed by atoms with E-state index in [1.54, 1.807) is 11.8 Å². The van der Waals surface area contributed by atoms with Crippen LogP contribution in [0.5, 0.6) is 0 Å². The number of rotatable bonds is 7. The van der Waals surface area contributed by atoms with Gasteiger partial charge in [-0.3, -0.25) is 9.69 Å². The number of nitrogens with one attached hydrogen (secondary N) is 1. The largest absolute Gasteiger partial charge is 0.396 e. The molecular formula is C14H28N2O2S. The Balaban J connectivity index is 2.57. The summed E-state index contributed by atoms with van der Waals surface area (Å²) in [4.78, 5) is 14.7. The van der Waals surface area contributed by atoms with E-state index in [2.05, 4.69) is 24.1 Å². The molecule has 0 aromatic rings. The second kappa shape index (κ2) is 8.82. The van der Waals surface area contributed by atoms with Crippen molar-refractivity contribution in [1.29, 1.82) is 0 Å². The molecule has 1 rings (SSSR count). The molecule has 0 radical (unpaired) electrons. The van der Waals surface area contributed by atoms with Crippen molar-refractivity contribution in [1.82, 2.24) is 10.2 Å². The summed E-state index contributed by atoms with van der Waals surface area (Å²) in [5, 5.41) is 12.2. The number of hydrogen-bond donors (Lipinski definition) is 2. The van der Waals surface area contributed by atoms with Gasteiger partial charge in [0.2, 0.25) is 5.91 Å². The van der Waals surface area contributed by atoms with Gasteiger partial charge in [-0.15, -0.1) is 0 Å². The Morgan fingerprint density at radius 2 is 2.21 bits per heavy atom. The highest BCUT2D eigenvalue weighted by Crippen LogP contribution is 2.20. The van der Waals surface area contributed by atoms with Gasteiger partial charge in [0, 0.05) is 24.4 Å². The smallest absolute Gasteiger partial charge is 0.237 e. The molecule has 0 aromatic heterocycles. The summed E-state index contributed by atoms with van der Waals surface area (Å²) in [5.41, 5.74) is 0. The number of piperidine rings is 1. The second-order valence-corrected chi connectivity index (χ2v) is 6.43. The molecule has 1 amide bonds. The van der Waals surface area contributed by atoms with E-state index in [0.29, 0.717) is 12.5 Å². The SMILES string of the molecule is CSCC(CCO)NC(=O)C1CCCCN1C(C)C. The van der Waals surface area contributed by atoms with Gasteiger partial charge in [0.15, 0.2) is 0 Å². The number of thioether (sulfide) groups is 1. The fourth-order valence-corrected chi connectivity index (χ4v) is 3.36. The van der Waals surface area contributed by atoms with Crippen molar-refractivity contribution in [2.45, 2.75) is 57.7 Å². The Morgan fingerprint density at radius 1 is 1.47 bits per heavy atom. The molecule has 0 aromatic carbocycles. The third-order valence-corrected chi connectivity index (χ3v) is 4.44. The van der Waals surface area contributed by atoms with E-state index in [0.717, 1.165) is 25.1 Å². The molecule has 1 aliphatic heterocycles. The Morgan fingerprint density at radius 3 is 2.79 bits per heavy atom. The molecule has 2 N–H and O–H groups in total. The minimum Gasteiger partial charge on any atom is -0.396 e. The van der Waals surface area contributed by atoms with Gasteiger partial charge >= 0.3 is 0 Å². The van der Waals surface area contributed by atoms with E-state index in [-0.39, 0.29) is 24.6 Å². The highest BCUT2D eigenvalue weighted by molar-refractivity contribution is 7.98. The number of nitrogens with zero attached hydrogens (tertiary/aromatic N) is 1. The number of carbonyl (C=O) groups is 1. The maximum absolute atomic E-state index is 12.4. The number of carbonyl (C=O) groups excluding carboxylic acids is 1. The molecule has 0 aliphatic carbocycles. The van der Waals surface area contributed by atoms with E-state index in [9.17, 15) is 4.79 Å². The Kier molecular flexibility index (Phi) is 7.80. The minimum absolute atomic E-state index is 0.0109. The summed E-state index contributed by atoms with van der Waals surface area (Å²) in [6.07, 6.45) is 5.94. The first-order valence-corrected chi connectivity index (χ1v) is 8.65. The Labute approximate surface area is 121 Å².